The number of carbonyl (C=O) groups is 1. The Morgan fingerprint density at radius 3 is 2.57 bits per heavy atom. The van der Waals surface area contributed by atoms with Gasteiger partial charge in [-0.15, -0.1) is 0 Å². The van der Waals surface area contributed by atoms with Crippen molar-refractivity contribution in [2.75, 3.05) is 7.11 Å². The summed E-state index contributed by atoms with van der Waals surface area (Å²) in [7, 11) is 1.54. The Bertz CT molecular complexity index is 860. The van der Waals surface area contributed by atoms with Gasteiger partial charge in [0.05, 0.1) is 12.1 Å². The molecule has 2 aromatic carbocycles. The molecule has 0 fully saturated rings. The Morgan fingerprint density at radius 1 is 1.22 bits per heavy atom. The number of aromatic carboxylic acids is 1. The van der Waals surface area contributed by atoms with Gasteiger partial charge >= 0.3 is 5.97 Å². The molecule has 6 heteroatoms. The van der Waals surface area contributed by atoms with Crippen LogP contribution in [0.15, 0.2) is 54.7 Å². The van der Waals surface area contributed by atoms with Crippen LogP contribution in [0.3, 0.4) is 0 Å². The normalized spacial score (nSPS) is 10.5. The van der Waals surface area contributed by atoms with Crippen LogP contribution in [0.1, 0.15) is 10.5 Å². The molecule has 1 N–H and O–H groups in total. The van der Waals surface area contributed by atoms with Gasteiger partial charge in [-0.3, -0.25) is 4.57 Å². The van der Waals surface area contributed by atoms with Gasteiger partial charge in [-0.25, -0.2) is 9.78 Å². The lowest BCUT2D eigenvalue weighted by Gasteiger charge is -2.10. The monoisotopic (exact) mass is 328 g/mol. The molecule has 23 heavy (non-hydrogen) atoms. The summed E-state index contributed by atoms with van der Waals surface area (Å²) in [4.78, 5) is 15.5. The van der Waals surface area contributed by atoms with E-state index in [9.17, 15) is 9.90 Å². The third-order valence-corrected chi connectivity index (χ3v) is 3.67. The highest BCUT2D eigenvalue weighted by Gasteiger charge is 2.16. The number of imidazole rings is 1. The van der Waals surface area contributed by atoms with E-state index in [4.69, 9.17) is 16.3 Å². The van der Waals surface area contributed by atoms with Gasteiger partial charge in [-0.1, -0.05) is 41.9 Å². The van der Waals surface area contributed by atoms with Crippen molar-refractivity contribution in [3.8, 4) is 22.8 Å². The fraction of sp³-hybridized carbons (Fsp3) is 0.0588. The zero-order chi connectivity index (χ0) is 16.4. The van der Waals surface area contributed by atoms with E-state index in [1.165, 1.54) is 13.3 Å². The summed E-state index contributed by atoms with van der Waals surface area (Å²) < 4.78 is 6.84. The third-order valence-electron chi connectivity index (χ3n) is 3.37. The smallest absolute Gasteiger partial charge is 0.356 e. The van der Waals surface area contributed by atoms with Gasteiger partial charge < -0.3 is 9.84 Å². The third kappa shape index (κ3) is 2.91. The molecule has 0 unspecified atom stereocenters. The van der Waals surface area contributed by atoms with Crippen molar-refractivity contribution in [1.29, 1.82) is 0 Å². The highest BCUT2D eigenvalue weighted by molar-refractivity contribution is 6.32. The predicted octanol–water partition coefficient (Wildman–Crippen LogP) is 3.90. The summed E-state index contributed by atoms with van der Waals surface area (Å²) in [5, 5.41) is 9.67. The van der Waals surface area contributed by atoms with E-state index in [0.29, 0.717) is 22.3 Å². The lowest BCUT2D eigenvalue weighted by atomic mass is 10.2. The summed E-state index contributed by atoms with van der Waals surface area (Å²) >= 11 is 6.17. The molecule has 0 saturated carbocycles. The zero-order valence-corrected chi connectivity index (χ0v) is 13.0. The standard InChI is InChI=1S/C17H13ClN2O3/c1-23-15-8-7-12(9-13(15)18)20-10-14(17(21)22)19-16(20)11-5-3-2-4-6-11/h2-10H,1H3,(H,21,22). The van der Waals surface area contributed by atoms with Crippen molar-refractivity contribution >= 4 is 17.6 Å². The molecule has 0 radical (unpaired) electrons. The van der Waals surface area contributed by atoms with Crippen LogP contribution in [0.4, 0.5) is 0 Å². The molecule has 0 amide bonds. The van der Waals surface area contributed by atoms with Crippen molar-refractivity contribution in [3.05, 3.63) is 65.4 Å². The second-order valence-electron chi connectivity index (χ2n) is 4.81. The molecule has 0 atom stereocenters. The highest BCUT2D eigenvalue weighted by atomic mass is 35.5. The van der Waals surface area contributed by atoms with E-state index in [2.05, 4.69) is 4.98 Å². The lowest BCUT2D eigenvalue weighted by Crippen LogP contribution is -1.97. The number of ether oxygens (including phenoxy) is 1. The molecule has 0 aliphatic carbocycles. The minimum Gasteiger partial charge on any atom is -0.495 e. The van der Waals surface area contributed by atoms with Crippen LogP contribution in [0, 0.1) is 0 Å². The number of nitrogens with zero attached hydrogens (tertiary/aromatic N) is 2. The van der Waals surface area contributed by atoms with Gasteiger partial charge in [0.25, 0.3) is 0 Å². The first-order chi connectivity index (χ1) is 11.1. The number of benzene rings is 2. The first kappa shape index (κ1) is 15.1. The summed E-state index contributed by atoms with van der Waals surface area (Å²) in [6.07, 6.45) is 1.48. The quantitative estimate of drug-likeness (QED) is 0.789. The summed E-state index contributed by atoms with van der Waals surface area (Å²) in [6.45, 7) is 0. The Labute approximate surface area is 137 Å². The topological polar surface area (TPSA) is 64.3 Å². The molecule has 3 aromatic rings. The van der Waals surface area contributed by atoms with Gasteiger partial charge in [0.1, 0.15) is 11.6 Å². The molecule has 116 valence electrons. The highest BCUT2D eigenvalue weighted by Crippen LogP contribution is 2.29. The number of rotatable bonds is 4. The van der Waals surface area contributed by atoms with Gasteiger partial charge in [-0.2, -0.15) is 0 Å². The molecular weight excluding hydrogens is 316 g/mol. The van der Waals surface area contributed by atoms with E-state index in [0.717, 1.165) is 5.56 Å². The summed E-state index contributed by atoms with van der Waals surface area (Å²) in [5.74, 6) is 0.0000226. The Balaban J connectivity index is 2.18. The summed E-state index contributed by atoms with van der Waals surface area (Å²) in [5.41, 5.74) is 1.48. The number of halogens is 1. The first-order valence-electron chi connectivity index (χ1n) is 6.82. The first-order valence-corrected chi connectivity index (χ1v) is 7.20. The van der Waals surface area contributed by atoms with E-state index in [1.54, 1.807) is 22.8 Å². The largest absolute Gasteiger partial charge is 0.495 e. The molecule has 0 aliphatic heterocycles. The van der Waals surface area contributed by atoms with Crippen LogP contribution < -0.4 is 4.74 Å². The van der Waals surface area contributed by atoms with Crippen LogP contribution in [0.2, 0.25) is 5.02 Å². The van der Waals surface area contributed by atoms with Crippen LogP contribution in [-0.4, -0.2) is 27.7 Å². The average Bonchev–Trinajstić information content (AvgIpc) is 3.01. The van der Waals surface area contributed by atoms with E-state index >= 15 is 0 Å². The van der Waals surface area contributed by atoms with Gasteiger partial charge in [0.2, 0.25) is 0 Å². The fourth-order valence-electron chi connectivity index (χ4n) is 2.28. The zero-order valence-electron chi connectivity index (χ0n) is 12.2. The Hall–Kier alpha value is -2.79. The number of aromatic nitrogens is 2. The number of hydrogen-bond donors (Lipinski definition) is 1. The van der Waals surface area contributed by atoms with Gasteiger partial charge in [0.15, 0.2) is 5.69 Å². The van der Waals surface area contributed by atoms with Crippen LogP contribution >= 0.6 is 11.6 Å². The molecule has 1 heterocycles. The number of carboxylic acid groups (broad SMARTS) is 1. The minimum atomic E-state index is -1.08. The van der Waals surface area contributed by atoms with Gasteiger partial charge in [-0.05, 0) is 18.2 Å². The number of carboxylic acids is 1. The maximum absolute atomic E-state index is 11.3. The SMILES string of the molecule is COc1ccc(-n2cc(C(=O)O)nc2-c2ccccc2)cc1Cl. The maximum atomic E-state index is 11.3. The molecule has 5 nitrogen and oxygen atoms in total. The van der Waals surface area contributed by atoms with E-state index in [1.807, 2.05) is 30.3 Å². The fourth-order valence-corrected chi connectivity index (χ4v) is 2.53. The van der Waals surface area contributed by atoms with Crippen LogP contribution in [-0.2, 0) is 0 Å². The Kier molecular flexibility index (Phi) is 4.04. The molecular formula is C17H13ClN2O3. The second kappa shape index (κ2) is 6.14. The number of hydrogen-bond acceptors (Lipinski definition) is 3. The molecule has 0 bridgehead atoms. The summed E-state index contributed by atoms with van der Waals surface area (Å²) in [6, 6.07) is 14.6. The maximum Gasteiger partial charge on any atom is 0.356 e. The van der Waals surface area contributed by atoms with Gasteiger partial charge in [0, 0.05) is 17.4 Å². The Morgan fingerprint density at radius 2 is 1.96 bits per heavy atom. The van der Waals surface area contributed by atoms with Crippen molar-refractivity contribution in [2.45, 2.75) is 0 Å². The van der Waals surface area contributed by atoms with E-state index < -0.39 is 5.97 Å². The molecule has 0 aliphatic rings. The molecule has 0 saturated heterocycles. The van der Waals surface area contributed by atoms with Crippen molar-refractivity contribution in [2.24, 2.45) is 0 Å². The molecule has 1 aromatic heterocycles. The van der Waals surface area contributed by atoms with E-state index in [-0.39, 0.29) is 5.69 Å². The van der Waals surface area contributed by atoms with Crippen molar-refractivity contribution in [1.82, 2.24) is 9.55 Å². The average molecular weight is 329 g/mol. The second-order valence-corrected chi connectivity index (χ2v) is 5.22. The molecule has 0 spiro atoms. The van der Waals surface area contributed by atoms with Crippen molar-refractivity contribution < 1.29 is 14.6 Å². The predicted molar refractivity (Wildman–Crippen MR) is 87.5 cm³/mol. The molecule has 3 rings (SSSR count). The minimum absolute atomic E-state index is 0.0317. The lowest BCUT2D eigenvalue weighted by molar-refractivity contribution is 0.0691. The van der Waals surface area contributed by atoms with Crippen LogP contribution in [0.25, 0.3) is 17.1 Å². The van der Waals surface area contributed by atoms with Crippen LogP contribution in [0.5, 0.6) is 5.75 Å². The number of methoxy groups -OCH3 is 1. The van der Waals surface area contributed by atoms with Crippen molar-refractivity contribution in [3.63, 3.8) is 0 Å².